The molecule has 0 unspecified atom stereocenters. The van der Waals surface area contributed by atoms with E-state index in [0.717, 1.165) is 25.3 Å². The SMILES string of the molecule is O=C(Cc1ccc2ccccc2n1)c1ccc(Br)s1. The van der Waals surface area contributed by atoms with Crippen LogP contribution in [0.4, 0.5) is 0 Å². The summed E-state index contributed by atoms with van der Waals surface area (Å²) in [6, 6.07) is 15.6. The van der Waals surface area contributed by atoms with Crippen LogP contribution in [0, 0.1) is 0 Å². The van der Waals surface area contributed by atoms with Gasteiger partial charge in [-0.15, -0.1) is 11.3 Å². The fraction of sp³-hybridized carbons (Fsp3) is 0.0667. The summed E-state index contributed by atoms with van der Waals surface area (Å²) in [5, 5.41) is 1.09. The second-order valence-electron chi connectivity index (χ2n) is 4.20. The van der Waals surface area contributed by atoms with E-state index in [0.29, 0.717) is 6.42 Å². The van der Waals surface area contributed by atoms with Gasteiger partial charge in [0.25, 0.3) is 0 Å². The van der Waals surface area contributed by atoms with E-state index >= 15 is 0 Å². The van der Waals surface area contributed by atoms with E-state index in [1.54, 1.807) is 0 Å². The molecule has 0 bridgehead atoms. The van der Waals surface area contributed by atoms with Crippen molar-refractivity contribution in [3.8, 4) is 0 Å². The van der Waals surface area contributed by atoms with Crippen LogP contribution in [0.25, 0.3) is 10.9 Å². The Kier molecular flexibility index (Phi) is 3.44. The molecule has 0 atom stereocenters. The highest BCUT2D eigenvalue weighted by Gasteiger charge is 2.10. The number of rotatable bonds is 3. The number of thiophene rings is 1. The number of aromatic nitrogens is 1. The van der Waals surface area contributed by atoms with Gasteiger partial charge in [-0.3, -0.25) is 9.78 Å². The van der Waals surface area contributed by atoms with Crippen LogP contribution in [0.5, 0.6) is 0 Å². The first kappa shape index (κ1) is 12.5. The fourth-order valence-corrected chi connectivity index (χ4v) is 3.25. The van der Waals surface area contributed by atoms with Gasteiger partial charge < -0.3 is 0 Å². The molecule has 0 saturated heterocycles. The third-order valence-electron chi connectivity index (χ3n) is 2.85. The minimum atomic E-state index is 0.110. The Balaban J connectivity index is 1.87. The molecule has 94 valence electrons. The van der Waals surface area contributed by atoms with Gasteiger partial charge in [-0.25, -0.2) is 0 Å². The van der Waals surface area contributed by atoms with Crippen LogP contribution >= 0.6 is 27.3 Å². The maximum absolute atomic E-state index is 12.1. The lowest BCUT2D eigenvalue weighted by atomic mass is 10.1. The molecule has 0 saturated carbocycles. The van der Waals surface area contributed by atoms with Gasteiger partial charge in [0, 0.05) is 11.1 Å². The molecule has 19 heavy (non-hydrogen) atoms. The van der Waals surface area contributed by atoms with E-state index < -0.39 is 0 Å². The summed E-state index contributed by atoms with van der Waals surface area (Å²) in [6.07, 6.45) is 0.345. The number of Topliss-reactive ketones (excluding diaryl/α,β-unsaturated/α-hetero) is 1. The Morgan fingerprint density at radius 1 is 1.11 bits per heavy atom. The predicted molar refractivity (Wildman–Crippen MR) is 81.8 cm³/mol. The first-order valence-electron chi connectivity index (χ1n) is 5.85. The summed E-state index contributed by atoms with van der Waals surface area (Å²) < 4.78 is 0.974. The molecule has 2 aromatic heterocycles. The Morgan fingerprint density at radius 2 is 1.95 bits per heavy atom. The predicted octanol–water partition coefficient (Wildman–Crippen LogP) is 4.48. The van der Waals surface area contributed by atoms with Crippen molar-refractivity contribution < 1.29 is 4.79 Å². The van der Waals surface area contributed by atoms with Crippen LogP contribution in [0.2, 0.25) is 0 Å². The van der Waals surface area contributed by atoms with Gasteiger partial charge in [-0.1, -0.05) is 24.3 Å². The highest BCUT2D eigenvalue weighted by atomic mass is 79.9. The number of carbonyl (C=O) groups is 1. The van der Waals surface area contributed by atoms with Crippen LogP contribution in [0.1, 0.15) is 15.4 Å². The maximum atomic E-state index is 12.1. The summed E-state index contributed by atoms with van der Waals surface area (Å²) in [5.74, 6) is 0.110. The van der Waals surface area contributed by atoms with Crippen molar-refractivity contribution in [2.75, 3.05) is 0 Å². The van der Waals surface area contributed by atoms with Gasteiger partial charge in [0.1, 0.15) is 0 Å². The van der Waals surface area contributed by atoms with Crippen molar-refractivity contribution in [2.45, 2.75) is 6.42 Å². The highest BCUT2D eigenvalue weighted by molar-refractivity contribution is 9.11. The minimum absolute atomic E-state index is 0.110. The minimum Gasteiger partial charge on any atom is -0.293 e. The standard InChI is InChI=1S/C15H10BrNOS/c16-15-8-7-14(19-15)13(18)9-11-6-5-10-3-1-2-4-12(10)17-11/h1-8H,9H2. The first-order valence-corrected chi connectivity index (χ1v) is 7.46. The molecule has 3 rings (SSSR count). The van der Waals surface area contributed by atoms with E-state index in [2.05, 4.69) is 20.9 Å². The number of carbonyl (C=O) groups excluding carboxylic acids is 1. The normalized spacial score (nSPS) is 10.8. The van der Waals surface area contributed by atoms with Gasteiger partial charge in [-0.05, 0) is 40.2 Å². The molecular formula is C15H10BrNOS. The lowest BCUT2D eigenvalue weighted by Crippen LogP contribution is -2.03. The molecule has 0 fully saturated rings. The third kappa shape index (κ3) is 2.74. The molecule has 1 aromatic carbocycles. The average Bonchev–Trinajstić information content (AvgIpc) is 2.85. The summed E-state index contributed by atoms with van der Waals surface area (Å²) in [4.78, 5) is 17.4. The molecular weight excluding hydrogens is 322 g/mol. The van der Waals surface area contributed by atoms with Crippen LogP contribution < -0.4 is 0 Å². The van der Waals surface area contributed by atoms with Gasteiger partial charge in [-0.2, -0.15) is 0 Å². The Bertz CT molecular complexity index is 750. The highest BCUT2D eigenvalue weighted by Crippen LogP contribution is 2.23. The largest absolute Gasteiger partial charge is 0.293 e. The lowest BCUT2D eigenvalue weighted by molar-refractivity contribution is 0.0996. The summed E-state index contributed by atoms with van der Waals surface area (Å²) in [6.45, 7) is 0. The third-order valence-corrected chi connectivity index (χ3v) is 4.51. The molecule has 4 heteroatoms. The van der Waals surface area contributed by atoms with Crippen molar-refractivity contribution in [3.63, 3.8) is 0 Å². The number of para-hydroxylation sites is 1. The second-order valence-corrected chi connectivity index (χ2v) is 6.66. The van der Waals surface area contributed by atoms with Crippen molar-refractivity contribution in [3.05, 3.63) is 62.9 Å². The summed E-state index contributed by atoms with van der Waals surface area (Å²) in [7, 11) is 0. The van der Waals surface area contributed by atoms with Crippen molar-refractivity contribution in [1.82, 2.24) is 4.98 Å². The molecule has 3 aromatic rings. The Labute approximate surface area is 123 Å². The van der Waals surface area contributed by atoms with Crippen LogP contribution in [-0.2, 0) is 6.42 Å². The Morgan fingerprint density at radius 3 is 2.74 bits per heavy atom. The van der Waals surface area contributed by atoms with Crippen LogP contribution in [0.3, 0.4) is 0 Å². The molecule has 0 aliphatic carbocycles. The molecule has 0 amide bonds. The van der Waals surface area contributed by atoms with Gasteiger partial charge in [0.15, 0.2) is 5.78 Å². The molecule has 2 heterocycles. The maximum Gasteiger partial charge on any atom is 0.178 e. The van der Waals surface area contributed by atoms with Crippen molar-refractivity contribution >= 4 is 44.0 Å². The zero-order valence-electron chi connectivity index (χ0n) is 9.97. The summed E-state index contributed by atoms with van der Waals surface area (Å²) >= 11 is 4.83. The number of hydrogen-bond donors (Lipinski definition) is 0. The molecule has 0 N–H and O–H groups in total. The number of halogens is 1. The van der Waals surface area contributed by atoms with Crippen LogP contribution in [0.15, 0.2) is 52.3 Å². The topological polar surface area (TPSA) is 30.0 Å². The molecule has 0 aliphatic heterocycles. The van der Waals surface area contributed by atoms with Crippen molar-refractivity contribution in [1.29, 1.82) is 0 Å². The zero-order chi connectivity index (χ0) is 13.2. The van der Waals surface area contributed by atoms with E-state index in [-0.39, 0.29) is 5.78 Å². The quantitative estimate of drug-likeness (QED) is 0.662. The number of fused-ring (bicyclic) bond motifs is 1. The number of benzene rings is 1. The van der Waals surface area contributed by atoms with Crippen LogP contribution in [-0.4, -0.2) is 10.8 Å². The monoisotopic (exact) mass is 331 g/mol. The van der Waals surface area contributed by atoms with E-state index in [9.17, 15) is 4.79 Å². The number of pyridine rings is 1. The van der Waals surface area contributed by atoms with E-state index in [1.165, 1.54) is 11.3 Å². The number of nitrogens with zero attached hydrogens (tertiary/aromatic N) is 1. The van der Waals surface area contributed by atoms with Gasteiger partial charge >= 0.3 is 0 Å². The van der Waals surface area contributed by atoms with Gasteiger partial charge in [0.05, 0.1) is 20.6 Å². The van der Waals surface area contributed by atoms with Crippen molar-refractivity contribution in [2.24, 2.45) is 0 Å². The molecule has 0 spiro atoms. The average molecular weight is 332 g/mol. The lowest BCUT2D eigenvalue weighted by Gasteiger charge is -2.01. The first-order chi connectivity index (χ1) is 9.22. The Hall–Kier alpha value is -1.52. The smallest absolute Gasteiger partial charge is 0.178 e. The fourth-order valence-electron chi connectivity index (χ4n) is 1.92. The zero-order valence-corrected chi connectivity index (χ0v) is 12.4. The molecule has 0 aliphatic rings. The summed E-state index contributed by atoms with van der Waals surface area (Å²) in [5.41, 5.74) is 1.74. The molecule has 2 nitrogen and oxygen atoms in total. The second kappa shape index (κ2) is 5.23. The van der Waals surface area contributed by atoms with E-state index in [4.69, 9.17) is 0 Å². The van der Waals surface area contributed by atoms with Gasteiger partial charge in [0.2, 0.25) is 0 Å². The number of hydrogen-bond acceptors (Lipinski definition) is 3. The number of ketones is 1. The molecule has 0 radical (unpaired) electrons. The van der Waals surface area contributed by atoms with E-state index in [1.807, 2.05) is 48.5 Å².